The molecule has 1 saturated carbocycles. The van der Waals surface area contributed by atoms with Crippen molar-refractivity contribution in [1.29, 1.82) is 0 Å². The second kappa shape index (κ2) is 4.07. The van der Waals surface area contributed by atoms with Gasteiger partial charge in [0, 0.05) is 13.1 Å². The number of likely N-dealkylation sites (N-methyl/N-ethyl adjacent to an activating group) is 1. The molecular formula is C9H14N2O2. The van der Waals surface area contributed by atoms with Crippen LogP contribution in [0.4, 0.5) is 0 Å². The Hall–Kier alpha value is -1.32. The third-order valence-corrected chi connectivity index (χ3v) is 1.87. The van der Waals surface area contributed by atoms with E-state index < -0.39 is 0 Å². The molecule has 0 aromatic carbocycles. The van der Waals surface area contributed by atoms with E-state index in [1.165, 1.54) is 11.0 Å². The third-order valence-electron chi connectivity index (χ3n) is 1.87. The molecule has 1 fully saturated rings. The molecule has 0 saturated heterocycles. The minimum atomic E-state index is -0.231. The monoisotopic (exact) mass is 182 g/mol. The summed E-state index contributed by atoms with van der Waals surface area (Å²) in [6, 6.07) is 0.347. The molecule has 0 spiro atoms. The number of carbonyl (C=O) groups is 2. The first-order valence-corrected chi connectivity index (χ1v) is 4.30. The number of hydrogen-bond acceptors (Lipinski definition) is 2. The summed E-state index contributed by atoms with van der Waals surface area (Å²) in [5.74, 6) is -0.328. The lowest BCUT2D eigenvalue weighted by atomic mass is 10.4. The van der Waals surface area contributed by atoms with Gasteiger partial charge in [-0.15, -0.1) is 0 Å². The van der Waals surface area contributed by atoms with Crippen LogP contribution in [0.15, 0.2) is 12.7 Å². The number of amides is 2. The van der Waals surface area contributed by atoms with Crippen LogP contribution in [0.25, 0.3) is 0 Å². The quantitative estimate of drug-likeness (QED) is 0.618. The number of carbonyl (C=O) groups excluding carboxylic acids is 2. The van der Waals surface area contributed by atoms with Crippen LogP contribution in [0.2, 0.25) is 0 Å². The maximum atomic E-state index is 11.2. The van der Waals surface area contributed by atoms with Crippen molar-refractivity contribution in [3.63, 3.8) is 0 Å². The summed E-state index contributed by atoms with van der Waals surface area (Å²) in [5.41, 5.74) is 0. The summed E-state index contributed by atoms with van der Waals surface area (Å²) in [4.78, 5) is 23.5. The number of hydrogen-bond donors (Lipinski definition) is 1. The van der Waals surface area contributed by atoms with Crippen molar-refractivity contribution in [3.8, 4) is 0 Å². The molecule has 0 bridgehead atoms. The smallest absolute Gasteiger partial charge is 0.246 e. The molecule has 1 rings (SSSR count). The Bertz CT molecular complexity index is 234. The molecule has 1 aliphatic carbocycles. The van der Waals surface area contributed by atoms with Crippen molar-refractivity contribution in [2.45, 2.75) is 18.9 Å². The third kappa shape index (κ3) is 3.27. The molecule has 0 atom stereocenters. The molecule has 13 heavy (non-hydrogen) atoms. The minimum Gasteiger partial charge on any atom is -0.352 e. The summed E-state index contributed by atoms with van der Waals surface area (Å²) in [7, 11) is 1.58. The first kappa shape index (κ1) is 9.77. The Kier molecular flexibility index (Phi) is 3.06. The summed E-state index contributed by atoms with van der Waals surface area (Å²) >= 11 is 0. The van der Waals surface area contributed by atoms with E-state index in [0.29, 0.717) is 6.04 Å². The minimum absolute atomic E-state index is 0.0970. The molecule has 0 heterocycles. The highest BCUT2D eigenvalue weighted by Crippen LogP contribution is 2.18. The van der Waals surface area contributed by atoms with E-state index in [2.05, 4.69) is 11.9 Å². The van der Waals surface area contributed by atoms with Crippen molar-refractivity contribution >= 4 is 11.8 Å². The topological polar surface area (TPSA) is 49.4 Å². The van der Waals surface area contributed by atoms with Crippen LogP contribution >= 0.6 is 0 Å². The predicted molar refractivity (Wildman–Crippen MR) is 49.0 cm³/mol. The predicted octanol–water partition coefficient (Wildman–Crippen LogP) is -0.0906. The first-order chi connectivity index (χ1) is 6.13. The number of rotatable bonds is 4. The van der Waals surface area contributed by atoms with Crippen LogP contribution in [0.5, 0.6) is 0 Å². The highest BCUT2D eigenvalue weighted by molar-refractivity contribution is 5.90. The molecule has 4 nitrogen and oxygen atoms in total. The molecule has 1 N–H and O–H groups in total. The van der Waals surface area contributed by atoms with Gasteiger partial charge in [0.1, 0.15) is 0 Å². The van der Waals surface area contributed by atoms with Crippen LogP contribution in [0, 0.1) is 0 Å². The van der Waals surface area contributed by atoms with Gasteiger partial charge in [-0.25, -0.2) is 0 Å². The molecule has 0 aliphatic heterocycles. The van der Waals surface area contributed by atoms with Gasteiger partial charge in [-0.3, -0.25) is 9.59 Å². The summed E-state index contributed by atoms with van der Waals surface area (Å²) < 4.78 is 0. The van der Waals surface area contributed by atoms with Gasteiger partial charge in [-0.05, 0) is 18.9 Å². The summed E-state index contributed by atoms with van der Waals surface area (Å²) in [6.07, 6.45) is 3.32. The molecule has 0 unspecified atom stereocenters. The highest BCUT2D eigenvalue weighted by atomic mass is 16.2. The SMILES string of the molecule is C=CC(=O)N(C)CC(=O)NC1CC1. The van der Waals surface area contributed by atoms with E-state index >= 15 is 0 Å². The Morgan fingerprint density at radius 3 is 2.69 bits per heavy atom. The summed E-state index contributed by atoms with van der Waals surface area (Å²) in [6.45, 7) is 3.45. The van der Waals surface area contributed by atoms with E-state index in [9.17, 15) is 9.59 Å². The highest BCUT2D eigenvalue weighted by Gasteiger charge is 2.23. The maximum absolute atomic E-state index is 11.2. The van der Waals surface area contributed by atoms with E-state index in [-0.39, 0.29) is 18.4 Å². The van der Waals surface area contributed by atoms with Gasteiger partial charge in [0.05, 0.1) is 6.54 Å². The molecule has 2 amide bonds. The van der Waals surface area contributed by atoms with E-state index in [1.54, 1.807) is 7.05 Å². The van der Waals surface area contributed by atoms with E-state index in [0.717, 1.165) is 12.8 Å². The zero-order valence-electron chi connectivity index (χ0n) is 7.75. The van der Waals surface area contributed by atoms with Gasteiger partial charge < -0.3 is 10.2 Å². The average molecular weight is 182 g/mol. The van der Waals surface area contributed by atoms with Gasteiger partial charge in [-0.2, -0.15) is 0 Å². The van der Waals surface area contributed by atoms with Gasteiger partial charge in [0.2, 0.25) is 11.8 Å². The molecule has 4 heteroatoms. The fourth-order valence-corrected chi connectivity index (χ4v) is 0.950. The Balaban J connectivity index is 2.25. The second-order valence-corrected chi connectivity index (χ2v) is 3.24. The van der Waals surface area contributed by atoms with E-state index in [1.807, 2.05) is 0 Å². The largest absolute Gasteiger partial charge is 0.352 e. The molecule has 0 aromatic rings. The van der Waals surface area contributed by atoms with Crippen LogP contribution < -0.4 is 5.32 Å². The van der Waals surface area contributed by atoms with Gasteiger partial charge in [0.15, 0.2) is 0 Å². The molecule has 1 aliphatic rings. The lowest BCUT2D eigenvalue weighted by Gasteiger charge is -2.14. The average Bonchev–Trinajstić information content (AvgIpc) is 2.86. The molecule has 0 radical (unpaired) electrons. The van der Waals surface area contributed by atoms with Crippen molar-refractivity contribution in [3.05, 3.63) is 12.7 Å². The maximum Gasteiger partial charge on any atom is 0.246 e. The van der Waals surface area contributed by atoms with Crippen LogP contribution in [0.3, 0.4) is 0 Å². The van der Waals surface area contributed by atoms with Gasteiger partial charge in [-0.1, -0.05) is 6.58 Å². The second-order valence-electron chi connectivity index (χ2n) is 3.24. The van der Waals surface area contributed by atoms with Crippen LogP contribution in [0.1, 0.15) is 12.8 Å². The van der Waals surface area contributed by atoms with Crippen LogP contribution in [-0.4, -0.2) is 36.3 Å². The fraction of sp³-hybridized carbons (Fsp3) is 0.556. The zero-order valence-corrected chi connectivity index (χ0v) is 7.75. The Labute approximate surface area is 77.6 Å². The zero-order chi connectivity index (χ0) is 9.84. The van der Waals surface area contributed by atoms with Gasteiger partial charge in [0.25, 0.3) is 0 Å². The standard InChI is InChI=1S/C9H14N2O2/c1-3-9(13)11(2)6-8(12)10-7-4-5-7/h3,7H,1,4-6H2,2H3,(H,10,12). The number of nitrogens with zero attached hydrogens (tertiary/aromatic N) is 1. The van der Waals surface area contributed by atoms with Crippen molar-refractivity contribution in [2.24, 2.45) is 0 Å². The first-order valence-electron chi connectivity index (χ1n) is 4.30. The van der Waals surface area contributed by atoms with E-state index in [4.69, 9.17) is 0 Å². The van der Waals surface area contributed by atoms with Crippen LogP contribution in [-0.2, 0) is 9.59 Å². The van der Waals surface area contributed by atoms with Crippen molar-refractivity contribution in [2.75, 3.05) is 13.6 Å². The van der Waals surface area contributed by atoms with Gasteiger partial charge >= 0.3 is 0 Å². The Morgan fingerprint density at radius 1 is 1.62 bits per heavy atom. The molecule has 0 aromatic heterocycles. The Morgan fingerprint density at radius 2 is 2.23 bits per heavy atom. The van der Waals surface area contributed by atoms with Crippen molar-refractivity contribution in [1.82, 2.24) is 10.2 Å². The molecule has 72 valence electrons. The molecular weight excluding hydrogens is 168 g/mol. The number of nitrogens with one attached hydrogen (secondary N) is 1. The fourth-order valence-electron chi connectivity index (χ4n) is 0.950. The summed E-state index contributed by atoms with van der Waals surface area (Å²) in [5, 5.41) is 2.80. The normalized spacial score (nSPS) is 14.8. The van der Waals surface area contributed by atoms with Crippen molar-refractivity contribution < 1.29 is 9.59 Å². The lowest BCUT2D eigenvalue weighted by Crippen LogP contribution is -2.38. The lowest BCUT2D eigenvalue weighted by molar-refractivity contribution is -0.131.